The third-order valence-corrected chi connectivity index (χ3v) is 6.30. The number of likely N-dealkylation sites (tertiary alicyclic amines) is 1. The zero-order valence-electron chi connectivity index (χ0n) is 15.6. The Morgan fingerprint density at radius 3 is 2.81 bits per heavy atom. The molecule has 7 heteroatoms. The van der Waals surface area contributed by atoms with Crippen LogP contribution in [0.1, 0.15) is 47.5 Å². The number of benzene rings is 1. The number of halogens is 2. The van der Waals surface area contributed by atoms with Crippen LogP contribution in [0.5, 0.6) is 0 Å². The molecule has 0 atom stereocenters. The van der Waals surface area contributed by atoms with Gasteiger partial charge in [0.1, 0.15) is 15.7 Å². The number of carbonyl (C=O) groups excluding carboxylic acids is 1. The van der Waals surface area contributed by atoms with Crippen molar-refractivity contribution in [3.63, 3.8) is 0 Å². The SMILES string of the molecule is Cc1nc(-c2ccc(F)c(Cl)c2)sc1C(=O)NCCCCCN1CCCC1. The summed E-state index contributed by atoms with van der Waals surface area (Å²) in [7, 11) is 0. The Bertz CT molecular complexity index is 790. The number of amides is 1. The van der Waals surface area contributed by atoms with E-state index in [1.165, 1.54) is 62.4 Å². The molecule has 1 amide bonds. The van der Waals surface area contributed by atoms with Crippen LogP contribution in [0.15, 0.2) is 18.2 Å². The third kappa shape index (κ3) is 5.50. The lowest BCUT2D eigenvalue weighted by Crippen LogP contribution is -2.24. The van der Waals surface area contributed by atoms with E-state index in [2.05, 4.69) is 15.2 Å². The van der Waals surface area contributed by atoms with Crippen molar-refractivity contribution in [1.29, 1.82) is 0 Å². The van der Waals surface area contributed by atoms with E-state index in [1.807, 2.05) is 6.92 Å². The van der Waals surface area contributed by atoms with Crippen molar-refractivity contribution in [3.05, 3.63) is 39.6 Å². The normalized spacial score (nSPS) is 14.6. The van der Waals surface area contributed by atoms with E-state index in [9.17, 15) is 9.18 Å². The highest BCUT2D eigenvalue weighted by Gasteiger charge is 2.16. The first kappa shape index (κ1) is 20.2. The minimum Gasteiger partial charge on any atom is -0.351 e. The molecule has 146 valence electrons. The largest absolute Gasteiger partial charge is 0.351 e. The van der Waals surface area contributed by atoms with Crippen LogP contribution in [-0.2, 0) is 0 Å². The second-order valence-corrected chi connectivity index (χ2v) is 8.33. The Hall–Kier alpha value is -1.50. The molecule has 0 unspecified atom stereocenters. The zero-order chi connectivity index (χ0) is 19.2. The van der Waals surface area contributed by atoms with Gasteiger partial charge in [-0.2, -0.15) is 0 Å². The summed E-state index contributed by atoms with van der Waals surface area (Å²) in [6.45, 7) is 6.14. The van der Waals surface area contributed by atoms with Crippen molar-refractivity contribution in [2.24, 2.45) is 0 Å². The van der Waals surface area contributed by atoms with Crippen LogP contribution >= 0.6 is 22.9 Å². The number of unbranched alkanes of at least 4 members (excludes halogenated alkanes) is 2. The summed E-state index contributed by atoms with van der Waals surface area (Å²) in [6.07, 6.45) is 5.95. The molecule has 1 N–H and O–H groups in total. The second-order valence-electron chi connectivity index (χ2n) is 6.93. The van der Waals surface area contributed by atoms with Crippen LogP contribution in [0.4, 0.5) is 4.39 Å². The van der Waals surface area contributed by atoms with Crippen LogP contribution in [0.2, 0.25) is 5.02 Å². The summed E-state index contributed by atoms with van der Waals surface area (Å²) in [4.78, 5) is 20.0. The van der Waals surface area contributed by atoms with Gasteiger partial charge in [-0.05, 0) is 70.4 Å². The molecule has 0 bridgehead atoms. The van der Waals surface area contributed by atoms with E-state index >= 15 is 0 Å². The first-order valence-electron chi connectivity index (χ1n) is 9.48. The van der Waals surface area contributed by atoms with Crippen LogP contribution in [-0.4, -0.2) is 42.0 Å². The molecular weight excluding hydrogens is 385 g/mol. The molecule has 4 nitrogen and oxygen atoms in total. The number of nitrogens with zero attached hydrogens (tertiary/aromatic N) is 2. The summed E-state index contributed by atoms with van der Waals surface area (Å²) < 4.78 is 13.3. The fourth-order valence-electron chi connectivity index (χ4n) is 3.29. The van der Waals surface area contributed by atoms with Gasteiger partial charge in [-0.25, -0.2) is 9.37 Å². The highest BCUT2D eigenvalue weighted by atomic mass is 35.5. The van der Waals surface area contributed by atoms with Gasteiger partial charge in [-0.3, -0.25) is 4.79 Å². The highest BCUT2D eigenvalue weighted by Crippen LogP contribution is 2.30. The molecule has 1 aromatic carbocycles. The summed E-state index contributed by atoms with van der Waals surface area (Å²) in [5, 5.41) is 3.71. The van der Waals surface area contributed by atoms with E-state index in [1.54, 1.807) is 6.07 Å². The minimum atomic E-state index is -0.462. The molecule has 1 aliphatic rings. The van der Waals surface area contributed by atoms with Gasteiger partial charge < -0.3 is 10.2 Å². The number of carbonyl (C=O) groups is 1. The summed E-state index contributed by atoms with van der Waals surface area (Å²) in [6, 6.07) is 4.48. The molecule has 1 aromatic heterocycles. The first-order valence-corrected chi connectivity index (χ1v) is 10.7. The average molecular weight is 410 g/mol. The lowest BCUT2D eigenvalue weighted by Gasteiger charge is -2.13. The molecular formula is C20H25ClFN3OS. The van der Waals surface area contributed by atoms with E-state index in [0.29, 0.717) is 22.1 Å². The van der Waals surface area contributed by atoms with E-state index in [4.69, 9.17) is 11.6 Å². The molecule has 1 saturated heterocycles. The third-order valence-electron chi connectivity index (χ3n) is 4.80. The lowest BCUT2D eigenvalue weighted by molar-refractivity contribution is 0.0956. The van der Waals surface area contributed by atoms with Gasteiger partial charge >= 0.3 is 0 Å². The second kappa shape index (κ2) is 9.62. The number of aryl methyl sites for hydroxylation is 1. The maximum Gasteiger partial charge on any atom is 0.263 e. The van der Waals surface area contributed by atoms with Gasteiger partial charge in [0.25, 0.3) is 5.91 Å². The van der Waals surface area contributed by atoms with Crippen molar-refractivity contribution in [1.82, 2.24) is 15.2 Å². The zero-order valence-corrected chi connectivity index (χ0v) is 17.1. The predicted molar refractivity (Wildman–Crippen MR) is 109 cm³/mol. The van der Waals surface area contributed by atoms with E-state index in [0.717, 1.165) is 18.4 Å². The first-order chi connectivity index (χ1) is 13.0. The number of rotatable bonds is 8. The average Bonchev–Trinajstić information content (AvgIpc) is 3.30. The molecule has 0 radical (unpaired) electrons. The van der Waals surface area contributed by atoms with Gasteiger partial charge in [0, 0.05) is 12.1 Å². The standard InChI is InChI=1S/C20H25ClFN3OS/c1-14-18(27-20(24-14)15-7-8-17(22)16(21)13-15)19(26)23-9-3-2-4-10-25-11-5-6-12-25/h7-8,13H,2-6,9-12H2,1H3,(H,23,26). The Morgan fingerprint density at radius 2 is 2.07 bits per heavy atom. The van der Waals surface area contributed by atoms with Crippen molar-refractivity contribution in [2.75, 3.05) is 26.2 Å². The molecule has 1 aliphatic heterocycles. The number of hydrogen-bond donors (Lipinski definition) is 1. The Labute approximate surface area is 168 Å². The Morgan fingerprint density at radius 1 is 1.30 bits per heavy atom. The van der Waals surface area contributed by atoms with Crippen molar-refractivity contribution < 1.29 is 9.18 Å². The van der Waals surface area contributed by atoms with Gasteiger partial charge in [0.05, 0.1) is 10.7 Å². The van der Waals surface area contributed by atoms with Gasteiger partial charge in [0.15, 0.2) is 0 Å². The number of nitrogens with one attached hydrogen (secondary N) is 1. The molecule has 0 aliphatic carbocycles. The summed E-state index contributed by atoms with van der Waals surface area (Å²) in [5.41, 5.74) is 1.40. The van der Waals surface area contributed by atoms with Crippen molar-refractivity contribution >= 4 is 28.8 Å². The smallest absolute Gasteiger partial charge is 0.263 e. The number of aromatic nitrogens is 1. The van der Waals surface area contributed by atoms with Crippen LogP contribution in [0.25, 0.3) is 10.6 Å². The van der Waals surface area contributed by atoms with Gasteiger partial charge in [-0.1, -0.05) is 18.0 Å². The molecule has 0 spiro atoms. The minimum absolute atomic E-state index is 0.0558. The summed E-state index contributed by atoms with van der Waals surface area (Å²) >= 11 is 7.15. The van der Waals surface area contributed by atoms with Gasteiger partial charge in [0.2, 0.25) is 0 Å². The lowest BCUT2D eigenvalue weighted by atomic mass is 10.2. The molecule has 0 saturated carbocycles. The predicted octanol–water partition coefficient (Wildman–Crippen LogP) is 4.91. The Kier molecular flexibility index (Phi) is 7.21. The van der Waals surface area contributed by atoms with Gasteiger partial charge in [-0.15, -0.1) is 11.3 Å². The maximum absolute atomic E-state index is 13.3. The maximum atomic E-state index is 13.3. The quantitative estimate of drug-likeness (QED) is 0.630. The van der Waals surface area contributed by atoms with Crippen LogP contribution < -0.4 is 5.32 Å². The molecule has 27 heavy (non-hydrogen) atoms. The highest BCUT2D eigenvalue weighted by molar-refractivity contribution is 7.17. The van der Waals surface area contributed by atoms with Crippen LogP contribution in [0, 0.1) is 12.7 Å². The van der Waals surface area contributed by atoms with Crippen LogP contribution in [0.3, 0.4) is 0 Å². The monoisotopic (exact) mass is 409 g/mol. The molecule has 2 heterocycles. The van der Waals surface area contributed by atoms with E-state index < -0.39 is 5.82 Å². The molecule has 2 aromatic rings. The molecule has 1 fully saturated rings. The molecule has 3 rings (SSSR count). The summed E-state index contributed by atoms with van der Waals surface area (Å²) in [5.74, 6) is -0.555. The van der Waals surface area contributed by atoms with E-state index in [-0.39, 0.29) is 10.9 Å². The Balaban J connectivity index is 1.46. The topological polar surface area (TPSA) is 45.2 Å². The number of hydrogen-bond acceptors (Lipinski definition) is 4. The number of thiazole rings is 1. The fourth-order valence-corrected chi connectivity index (χ4v) is 4.44. The van der Waals surface area contributed by atoms with Crippen molar-refractivity contribution in [3.8, 4) is 10.6 Å². The van der Waals surface area contributed by atoms with Crippen molar-refractivity contribution in [2.45, 2.75) is 39.0 Å². The fraction of sp³-hybridized carbons (Fsp3) is 0.500.